The highest BCUT2D eigenvalue weighted by Gasteiger charge is 2.31. The van der Waals surface area contributed by atoms with Gasteiger partial charge in [0, 0.05) is 18.1 Å². The summed E-state index contributed by atoms with van der Waals surface area (Å²) < 4.78 is 31.7. The maximum absolute atomic E-state index is 13.6. The number of methoxy groups -OCH3 is 1. The second-order valence-corrected chi connectivity index (χ2v) is 10.3. The van der Waals surface area contributed by atoms with Crippen molar-refractivity contribution in [3.63, 3.8) is 0 Å². The smallest absolute Gasteiger partial charge is 0.244 e. The van der Waals surface area contributed by atoms with Crippen LogP contribution in [-0.2, 0) is 26.2 Å². The summed E-state index contributed by atoms with van der Waals surface area (Å²) in [7, 11) is -2.49. The Morgan fingerprint density at radius 1 is 1.18 bits per heavy atom. The largest absolute Gasteiger partial charge is 0.495 e. The first-order valence-electron chi connectivity index (χ1n) is 10.9. The van der Waals surface area contributed by atoms with Crippen LogP contribution in [0, 0.1) is 6.92 Å². The second-order valence-electron chi connectivity index (χ2n) is 8.00. The Hall–Kier alpha value is -2.78. The van der Waals surface area contributed by atoms with Gasteiger partial charge in [-0.25, -0.2) is 8.42 Å². The predicted octanol–water partition coefficient (Wildman–Crippen LogP) is 3.37. The SMILES string of the molecule is CCCNC(=O)C(C)N(Cc1ccccc1C)C(=O)CN(c1cc(Cl)ccc1OC)S(C)(=O)=O. The van der Waals surface area contributed by atoms with E-state index in [2.05, 4.69) is 5.32 Å². The fourth-order valence-corrected chi connectivity index (χ4v) is 4.41. The topological polar surface area (TPSA) is 96.0 Å². The molecule has 0 aliphatic heterocycles. The average Bonchev–Trinajstić information content (AvgIpc) is 2.79. The fraction of sp³-hybridized carbons (Fsp3) is 0.417. The van der Waals surface area contributed by atoms with Crippen LogP contribution >= 0.6 is 11.6 Å². The minimum absolute atomic E-state index is 0.143. The van der Waals surface area contributed by atoms with E-state index in [9.17, 15) is 18.0 Å². The molecule has 34 heavy (non-hydrogen) atoms. The Morgan fingerprint density at radius 2 is 1.85 bits per heavy atom. The van der Waals surface area contributed by atoms with E-state index in [1.165, 1.54) is 24.1 Å². The number of hydrogen-bond donors (Lipinski definition) is 1. The van der Waals surface area contributed by atoms with Crippen LogP contribution in [0.2, 0.25) is 5.02 Å². The Labute approximate surface area is 206 Å². The standard InChI is InChI=1S/C24H32ClN3O5S/c1-6-13-26-24(30)18(3)27(15-19-10-8-7-9-17(19)2)23(29)16-28(34(5,31)32)21-14-20(25)11-12-22(21)33-4/h7-12,14,18H,6,13,15-16H2,1-5H3,(H,26,30). The summed E-state index contributed by atoms with van der Waals surface area (Å²) in [6.45, 7) is 5.59. The van der Waals surface area contributed by atoms with Crippen LogP contribution in [0.1, 0.15) is 31.4 Å². The highest BCUT2D eigenvalue weighted by atomic mass is 35.5. The fourth-order valence-electron chi connectivity index (χ4n) is 3.40. The zero-order chi connectivity index (χ0) is 25.5. The van der Waals surface area contributed by atoms with E-state index in [0.717, 1.165) is 28.1 Å². The predicted molar refractivity (Wildman–Crippen MR) is 135 cm³/mol. The molecule has 0 bridgehead atoms. The molecule has 0 aromatic heterocycles. The van der Waals surface area contributed by atoms with Crippen LogP contribution in [0.25, 0.3) is 0 Å². The molecule has 0 saturated carbocycles. The Balaban J connectivity index is 2.46. The van der Waals surface area contributed by atoms with E-state index in [-0.39, 0.29) is 23.9 Å². The van der Waals surface area contributed by atoms with Gasteiger partial charge < -0.3 is 15.0 Å². The molecule has 0 fully saturated rings. The van der Waals surface area contributed by atoms with E-state index in [1.807, 2.05) is 38.1 Å². The lowest BCUT2D eigenvalue weighted by Gasteiger charge is -2.32. The first-order valence-corrected chi connectivity index (χ1v) is 13.1. The average molecular weight is 510 g/mol. The van der Waals surface area contributed by atoms with E-state index < -0.39 is 28.5 Å². The van der Waals surface area contributed by atoms with Crippen LogP contribution in [0.4, 0.5) is 5.69 Å². The molecule has 2 rings (SSSR count). The lowest BCUT2D eigenvalue weighted by atomic mass is 10.1. The molecule has 0 heterocycles. The summed E-state index contributed by atoms with van der Waals surface area (Å²) in [6.07, 6.45) is 1.75. The van der Waals surface area contributed by atoms with E-state index in [1.54, 1.807) is 13.0 Å². The zero-order valence-corrected chi connectivity index (χ0v) is 21.7. The van der Waals surface area contributed by atoms with Crippen LogP contribution in [0.3, 0.4) is 0 Å². The van der Waals surface area contributed by atoms with E-state index in [0.29, 0.717) is 11.6 Å². The number of nitrogens with one attached hydrogen (secondary N) is 1. The normalized spacial score (nSPS) is 12.1. The number of ether oxygens (including phenoxy) is 1. The Bertz CT molecular complexity index is 1120. The molecule has 186 valence electrons. The molecule has 0 aliphatic rings. The third kappa shape index (κ3) is 7.11. The lowest BCUT2D eigenvalue weighted by Crippen LogP contribution is -2.51. The van der Waals surface area contributed by atoms with Crippen molar-refractivity contribution < 1.29 is 22.7 Å². The third-order valence-electron chi connectivity index (χ3n) is 5.41. The molecule has 0 radical (unpaired) electrons. The summed E-state index contributed by atoms with van der Waals surface area (Å²) >= 11 is 6.11. The number of nitrogens with zero attached hydrogens (tertiary/aromatic N) is 2. The number of amides is 2. The molecule has 1 N–H and O–H groups in total. The van der Waals surface area contributed by atoms with Crippen molar-refractivity contribution in [3.8, 4) is 5.75 Å². The van der Waals surface area contributed by atoms with Gasteiger partial charge in [-0.2, -0.15) is 0 Å². The quantitative estimate of drug-likeness (QED) is 0.501. The van der Waals surface area contributed by atoms with Gasteiger partial charge >= 0.3 is 0 Å². The molecule has 1 unspecified atom stereocenters. The van der Waals surface area contributed by atoms with Gasteiger partial charge in [0.1, 0.15) is 18.3 Å². The van der Waals surface area contributed by atoms with Gasteiger partial charge in [-0.15, -0.1) is 0 Å². The molecule has 0 spiro atoms. The summed E-state index contributed by atoms with van der Waals surface area (Å²) in [5, 5.41) is 3.10. The molecule has 2 amide bonds. The van der Waals surface area contributed by atoms with Crippen LogP contribution < -0.4 is 14.4 Å². The maximum atomic E-state index is 13.6. The highest BCUT2D eigenvalue weighted by Crippen LogP contribution is 2.33. The Morgan fingerprint density at radius 3 is 2.44 bits per heavy atom. The van der Waals surface area contributed by atoms with Gasteiger partial charge in [-0.05, 0) is 49.6 Å². The van der Waals surface area contributed by atoms with Gasteiger partial charge in [-0.3, -0.25) is 13.9 Å². The molecule has 1 atom stereocenters. The summed E-state index contributed by atoms with van der Waals surface area (Å²) in [5.74, 6) is -0.591. The highest BCUT2D eigenvalue weighted by molar-refractivity contribution is 7.92. The lowest BCUT2D eigenvalue weighted by molar-refractivity contribution is -0.139. The molecule has 2 aromatic rings. The molecular formula is C24H32ClN3O5S. The van der Waals surface area contributed by atoms with Crippen molar-refractivity contribution in [1.82, 2.24) is 10.2 Å². The first-order chi connectivity index (χ1) is 16.0. The van der Waals surface area contributed by atoms with Crippen molar-refractivity contribution >= 4 is 39.1 Å². The van der Waals surface area contributed by atoms with Crippen molar-refractivity contribution in [2.75, 3.05) is 30.8 Å². The molecule has 10 heteroatoms. The van der Waals surface area contributed by atoms with Crippen LogP contribution in [0.5, 0.6) is 5.75 Å². The third-order valence-corrected chi connectivity index (χ3v) is 6.77. The van der Waals surface area contributed by atoms with Crippen molar-refractivity contribution in [1.29, 1.82) is 0 Å². The van der Waals surface area contributed by atoms with Crippen LogP contribution in [-0.4, -0.2) is 57.6 Å². The summed E-state index contributed by atoms with van der Waals surface area (Å²) in [6, 6.07) is 11.2. The van der Waals surface area contributed by atoms with E-state index >= 15 is 0 Å². The maximum Gasteiger partial charge on any atom is 0.244 e. The molecule has 2 aromatic carbocycles. The molecule has 0 saturated heterocycles. The summed E-state index contributed by atoms with van der Waals surface area (Å²) in [4.78, 5) is 27.7. The van der Waals surface area contributed by atoms with Crippen molar-refractivity contribution in [3.05, 3.63) is 58.6 Å². The second kappa shape index (κ2) is 12.1. The minimum Gasteiger partial charge on any atom is -0.495 e. The Kier molecular flexibility index (Phi) is 9.76. The van der Waals surface area contributed by atoms with Crippen molar-refractivity contribution in [2.45, 2.75) is 39.8 Å². The van der Waals surface area contributed by atoms with Crippen molar-refractivity contribution in [2.24, 2.45) is 0 Å². The number of aryl methyl sites for hydroxylation is 1. The van der Waals surface area contributed by atoms with Gasteiger partial charge in [0.15, 0.2) is 0 Å². The van der Waals surface area contributed by atoms with E-state index in [4.69, 9.17) is 16.3 Å². The number of benzene rings is 2. The van der Waals surface area contributed by atoms with Gasteiger partial charge in [0.2, 0.25) is 21.8 Å². The number of carbonyl (C=O) groups is 2. The van der Waals surface area contributed by atoms with Crippen LogP contribution in [0.15, 0.2) is 42.5 Å². The number of carbonyl (C=O) groups excluding carboxylic acids is 2. The van der Waals surface area contributed by atoms with Gasteiger partial charge in [0.25, 0.3) is 0 Å². The number of rotatable bonds is 11. The number of sulfonamides is 1. The number of hydrogen-bond acceptors (Lipinski definition) is 5. The number of anilines is 1. The molecular weight excluding hydrogens is 478 g/mol. The minimum atomic E-state index is -3.89. The molecule has 8 nitrogen and oxygen atoms in total. The zero-order valence-electron chi connectivity index (χ0n) is 20.2. The van der Waals surface area contributed by atoms with Gasteiger partial charge in [-0.1, -0.05) is 42.8 Å². The first kappa shape index (κ1) is 27.5. The number of halogens is 1. The monoisotopic (exact) mass is 509 g/mol. The summed E-state index contributed by atoms with van der Waals surface area (Å²) in [5.41, 5.74) is 1.96. The van der Waals surface area contributed by atoms with Gasteiger partial charge in [0.05, 0.1) is 19.1 Å². The molecule has 0 aliphatic carbocycles.